The van der Waals surface area contributed by atoms with E-state index in [-0.39, 0.29) is 18.3 Å². The molecule has 6 heteroatoms. The van der Waals surface area contributed by atoms with Gasteiger partial charge in [-0.15, -0.1) is 0 Å². The average Bonchev–Trinajstić information content (AvgIpc) is 3.01. The fourth-order valence-corrected chi connectivity index (χ4v) is 10.3. The van der Waals surface area contributed by atoms with E-state index in [9.17, 15) is 9.60 Å². The first-order valence-electron chi connectivity index (χ1n) is 15.7. The van der Waals surface area contributed by atoms with Crippen molar-refractivity contribution in [3.63, 3.8) is 0 Å². The van der Waals surface area contributed by atoms with Gasteiger partial charge in [0.2, 0.25) is 5.69 Å². The Labute approximate surface area is 257 Å². The number of halogens is 2. The van der Waals surface area contributed by atoms with Crippen molar-refractivity contribution in [3.8, 4) is 11.1 Å². The zero-order valence-corrected chi connectivity index (χ0v) is 27.2. The number of rotatable bonds is 14. The van der Waals surface area contributed by atoms with Crippen LogP contribution in [0.5, 0.6) is 0 Å². The van der Waals surface area contributed by atoms with Crippen LogP contribution in [0.2, 0.25) is 0 Å². The van der Waals surface area contributed by atoms with Gasteiger partial charge in [-0.1, -0.05) is 120 Å². The second-order valence-electron chi connectivity index (χ2n) is 11.7. The summed E-state index contributed by atoms with van der Waals surface area (Å²) in [6.45, 7) is 10.1. The Bertz CT molecular complexity index is 1420. The summed E-state index contributed by atoms with van der Waals surface area (Å²) < 4.78 is 39.1. The number of pyridine rings is 1. The van der Waals surface area contributed by atoms with Crippen molar-refractivity contribution >= 4 is 18.7 Å². The van der Waals surface area contributed by atoms with Gasteiger partial charge in [-0.05, 0) is 47.3 Å². The maximum absolute atomic E-state index is 16.8. The van der Waals surface area contributed by atoms with Crippen LogP contribution in [0.3, 0.4) is 0 Å². The van der Waals surface area contributed by atoms with Gasteiger partial charge in [0, 0.05) is 24.0 Å². The maximum atomic E-state index is 16.8. The fraction of sp³-hybridized carbons (Fsp3) is 0.378. The molecule has 0 N–H and O–H groups in total. The van der Waals surface area contributed by atoms with Crippen molar-refractivity contribution < 1.29 is 17.9 Å². The summed E-state index contributed by atoms with van der Waals surface area (Å²) in [5.41, 5.74) is 4.75. The van der Waals surface area contributed by atoms with Crippen LogP contribution in [0.15, 0.2) is 84.9 Å². The largest absolute Gasteiger partial charge is 0.618 e. The lowest BCUT2D eigenvalue weighted by Crippen LogP contribution is -2.67. The highest BCUT2D eigenvalue weighted by Crippen LogP contribution is 2.36. The topological polar surface area (TPSA) is 36.2 Å². The highest BCUT2D eigenvalue weighted by atomic mass is 28.4. The number of nitrogens with zero attached hydrogens (tertiary/aromatic N) is 1. The molecule has 0 saturated heterocycles. The number of aromatic nitrogens is 1. The molecule has 1 heterocycles. The van der Waals surface area contributed by atoms with E-state index < -0.39 is 14.1 Å². The van der Waals surface area contributed by atoms with Gasteiger partial charge < -0.3 is 9.63 Å². The van der Waals surface area contributed by atoms with Gasteiger partial charge in [-0.25, -0.2) is 8.78 Å². The van der Waals surface area contributed by atoms with Crippen LogP contribution in [-0.4, -0.2) is 14.1 Å². The molecule has 1 unspecified atom stereocenters. The monoisotopic (exact) mass is 601 g/mol. The highest BCUT2D eigenvalue weighted by molar-refractivity contribution is 6.98. The van der Waals surface area contributed by atoms with E-state index in [4.69, 9.17) is 4.43 Å². The third kappa shape index (κ3) is 6.91. The Kier molecular flexibility index (Phi) is 11.3. The molecule has 0 aliphatic heterocycles. The first-order chi connectivity index (χ1) is 20.8. The summed E-state index contributed by atoms with van der Waals surface area (Å²) in [4.78, 5) is 0. The van der Waals surface area contributed by atoms with Crippen molar-refractivity contribution in [1.29, 1.82) is 0 Å². The van der Waals surface area contributed by atoms with Crippen LogP contribution in [-0.2, 0) is 17.5 Å². The molecule has 3 aromatic carbocycles. The minimum atomic E-state index is -3.46. The van der Waals surface area contributed by atoms with Gasteiger partial charge >= 0.3 is 0 Å². The van der Waals surface area contributed by atoms with Crippen molar-refractivity contribution in [3.05, 3.63) is 118 Å². The zero-order valence-electron chi connectivity index (χ0n) is 26.2. The first-order valence-corrected chi connectivity index (χ1v) is 17.7. The van der Waals surface area contributed by atoms with Gasteiger partial charge in [-0.2, -0.15) is 4.73 Å². The second-order valence-corrected chi connectivity index (χ2v) is 15.3. The van der Waals surface area contributed by atoms with Gasteiger partial charge in [0.15, 0.2) is 5.69 Å². The molecule has 4 rings (SSSR count). The molecular weight excluding hydrogens is 556 g/mol. The van der Waals surface area contributed by atoms with Gasteiger partial charge in [-0.3, -0.25) is 0 Å². The third-order valence-electron chi connectivity index (χ3n) is 8.42. The summed E-state index contributed by atoms with van der Waals surface area (Å²) in [7, 11) is -3.46. The van der Waals surface area contributed by atoms with Crippen molar-refractivity contribution in [2.24, 2.45) is 0 Å². The predicted octanol–water partition coefficient (Wildman–Crippen LogP) is 8.24. The molecule has 1 aromatic heterocycles. The van der Waals surface area contributed by atoms with Crippen LogP contribution in [0, 0.1) is 17.9 Å². The van der Waals surface area contributed by atoms with Gasteiger partial charge in [0.05, 0.1) is 12.2 Å². The molecule has 4 aromatic rings. The van der Waals surface area contributed by atoms with E-state index in [1.807, 2.05) is 88.4 Å². The van der Waals surface area contributed by atoms with E-state index in [2.05, 4.69) is 6.92 Å². The summed E-state index contributed by atoms with van der Waals surface area (Å²) in [6, 6.07) is 26.0. The highest BCUT2D eigenvalue weighted by Gasteiger charge is 2.48. The molecule has 1 atom stereocenters. The molecule has 3 nitrogen and oxygen atoms in total. The summed E-state index contributed by atoms with van der Waals surface area (Å²) in [5.74, 6) is -1.63. The number of benzene rings is 3. The van der Waals surface area contributed by atoms with Gasteiger partial charge in [0.25, 0.3) is 8.32 Å². The van der Waals surface area contributed by atoms with Crippen LogP contribution < -0.4 is 15.1 Å². The number of hydrogen-bond donors (Lipinski definition) is 0. The maximum Gasteiger partial charge on any atom is 0.290 e. The molecule has 0 saturated carbocycles. The van der Waals surface area contributed by atoms with Crippen molar-refractivity contribution in [2.75, 3.05) is 0 Å². The minimum Gasteiger partial charge on any atom is -0.618 e. The van der Waals surface area contributed by atoms with Crippen LogP contribution in [0.4, 0.5) is 8.78 Å². The Balaban J connectivity index is 1.99. The summed E-state index contributed by atoms with van der Waals surface area (Å²) >= 11 is 0. The molecule has 0 aliphatic carbocycles. The molecule has 0 radical (unpaired) electrons. The number of hydrogen-bond acceptors (Lipinski definition) is 2. The van der Waals surface area contributed by atoms with E-state index in [0.29, 0.717) is 24.2 Å². The molecule has 0 amide bonds. The van der Waals surface area contributed by atoms with Crippen LogP contribution in [0.1, 0.15) is 88.2 Å². The Hall–Kier alpha value is -3.35. The zero-order chi connectivity index (χ0) is 31.0. The van der Waals surface area contributed by atoms with Gasteiger partial charge in [0.1, 0.15) is 11.6 Å². The quantitative estimate of drug-likeness (QED) is 0.0632. The molecule has 43 heavy (non-hydrogen) atoms. The van der Waals surface area contributed by atoms with E-state index in [0.717, 1.165) is 63.0 Å². The van der Waals surface area contributed by atoms with Crippen molar-refractivity contribution in [1.82, 2.24) is 0 Å². The third-order valence-corrected chi connectivity index (χ3v) is 12.6. The van der Waals surface area contributed by atoms with Crippen molar-refractivity contribution in [2.45, 2.75) is 91.5 Å². The lowest BCUT2D eigenvalue weighted by atomic mass is 9.87. The minimum absolute atomic E-state index is 0.0731. The molecule has 228 valence electrons. The van der Waals surface area contributed by atoms with E-state index >= 15 is 4.39 Å². The molecule has 0 fully saturated rings. The number of alkyl halides is 1. The summed E-state index contributed by atoms with van der Waals surface area (Å²) in [6.07, 6.45) is 4.81. The smallest absolute Gasteiger partial charge is 0.290 e. The normalized spacial score (nSPS) is 12.6. The summed E-state index contributed by atoms with van der Waals surface area (Å²) in [5, 5.41) is 15.7. The Morgan fingerprint density at radius 1 is 0.814 bits per heavy atom. The van der Waals surface area contributed by atoms with Crippen LogP contribution >= 0.6 is 0 Å². The van der Waals surface area contributed by atoms with E-state index in [1.54, 1.807) is 12.1 Å². The van der Waals surface area contributed by atoms with E-state index in [1.165, 1.54) is 12.1 Å². The molecular formula is C37H45F2NO2Si. The SMILES string of the molecule is CCCCCc1c(-c2ccc(F)cc2)c(CO[Si](c2ccccc2)(c2ccccc2)C(F)CCC)c(C(C)C)[n+]([O-])c1C. The predicted molar refractivity (Wildman–Crippen MR) is 175 cm³/mol. The van der Waals surface area contributed by atoms with Crippen LogP contribution in [0.25, 0.3) is 11.1 Å². The lowest BCUT2D eigenvalue weighted by Gasteiger charge is -2.36. The average molecular weight is 602 g/mol. The molecule has 0 aliphatic rings. The second kappa shape index (κ2) is 14.9. The number of unbranched alkanes of at least 4 members (excludes halogenated alkanes) is 2. The fourth-order valence-electron chi connectivity index (χ4n) is 6.27. The lowest BCUT2D eigenvalue weighted by molar-refractivity contribution is -0.623. The standard InChI is InChI=1S/C37H45F2NO2Si/c1-6-8-11-21-33-28(5)40(41)37(27(3)4)34(36(33)29-22-24-30(38)25-23-29)26-42-43(35(39)16-7-2,31-17-12-9-13-18-31)32-19-14-10-15-20-32/h9-10,12-15,17-20,22-25,27,35H,6-8,11,16,21,26H2,1-5H3. The molecule has 0 bridgehead atoms. The Morgan fingerprint density at radius 2 is 1.40 bits per heavy atom. The molecule has 0 spiro atoms. The Morgan fingerprint density at radius 3 is 1.91 bits per heavy atom. The first kappa shape index (κ1) is 32.6.